The Labute approximate surface area is 105 Å². The summed E-state index contributed by atoms with van der Waals surface area (Å²) >= 11 is 6.09. The van der Waals surface area contributed by atoms with Crippen molar-refractivity contribution < 1.29 is 5.11 Å². The predicted octanol–water partition coefficient (Wildman–Crippen LogP) is 2.59. The summed E-state index contributed by atoms with van der Waals surface area (Å²) < 4.78 is 1.68. The van der Waals surface area contributed by atoms with Gasteiger partial charge in [-0.05, 0) is 38.5 Å². The van der Waals surface area contributed by atoms with E-state index < -0.39 is 6.10 Å². The van der Waals surface area contributed by atoms with Crippen LogP contribution in [-0.4, -0.2) is 19.9 Å². The summed E-state index contributed by atoms with van der Waals surface area (Å²) in [4.78, 5) is 4.24. The first-order valence-corrected chi connectivity index (χ1v) is 5.74. The smallest absolute Gasteiger partial charge is 0.153 e. The maximum Gasteiger partial charge on any atom is 0.153 e. The maximum atomic E-state index is 9.54. The van der Waals surface area contributed by atoms with E-state index in [1.807, 2.05) is 13.8 Å². The lowest BCUT2D eigenvalue weighted by Crippen LogP contribution is -2.03. The van der Waals surface area contributed by atoms with E-state index in [0.29, 0.717) is 10.8 Å². The number of aliphatic hydroxyl groups excluding tert-OH is 1. The number of rotatable bonds is 2. The number of hydrogen-bond donors (Lipinski definition) is 1. The molecule has 4 nitrogen and oxygen atoms in total. The number of hydrogen-bond acceptors (Lipinski definition) is 3. The van der Waals surface area contributed by atoms with E-state index >= 15 is 0 Å². The molecule has 0 bridgehead atoms. The van der Waals surface area contributed by atoms with Crippen molar-refractivity contribution in [2.75, 3.05) is 0 Å². The molecule has 2 aromatic heterocycles. The molecule has 1 atom stereocenters. The molecule has 0 amide bonds. The van der Waals surface area contributed by atoms with Crippen LogP contribution in [0.1, 0.15) is 30.0 Å². The van der Waals surface area contributed by atoms with Crippen molar-refractivity contribution in [2.45, 2.75) is 26.9 Å². The Hall–Kier alpha value is -1.39. The lowest BCUT2D eigenvalue weighted by molar-refractivity contribution is 0.199. The Kier molecular flexibility index (Phi) is 3.17. The van der Waals surface area contributed by atoms with E-state index in [2.05, 4.69) is 10.1 Å². The lowest BCUT2D eigenvalue weighted by atomic mass is 10.2. The summed E-state index contributed by atoms with van der Waals surface area (Å²) in [6.45, 7) is 5.46. The van der Waals surface area contributed by atoms with E-state index in [0.717, 1.165) is 17.0 Å². The van der Waals surface area contributed by atoms with Crippen LogP contribution in [0.15, 0.2) is 18.3 Å². The first kappa shape index (κ1) is 12.1. The Bertz CT molecular complexity index is 549. The van der Waals surface area contributed by atoms with Gasteiger partial charge in [-0.25, -0.2) is 9.67 Å². The average molecular weight is 252 g/mol. The highest BCUT2D eigenvalue weighted by molar-refractivity contribution is 6.31. The van der Waals surface area contributed by atoms with Crippen molar-refractivity contribution in [1.29, 1.82) is 0 Å². The third-order valence-electron chi connectivity index (χ3n) is 2.67. The quantitative estimate of drug-likeness (QED) is 0.893. The van der Waals surface area contributed by atoms with Gasteiger partial charge in [0, 0.05) is 6.20 Å². The van der Waals surface area contributed by atoms with E-state index in [9.17, 15) is 5.11 Å². The largest absolute Gasteiger partial charge is 0.389 e. The van der Waals surface area contributed by atoms with Crippen molar-refractivity contribution in [3.63, 3.8) is 0 Å². The second kappa shape index (κ2) is 4.47. The van der Waals surface area contributed by atoms with Crippen molar-refractivity contribution in [3.8, 4) is 5.82 Å². The summed E-state index contributed by atoms with van der Waals surface area (Å²) in [5.41, 5.74) is 2.42. The fourth-order valence-corrected chi connectivity index (χ4v) is 1.77. The van der Waals surface area contributed by atoms with Crippen LogP contribution < -0.4 is 0 Å². The first-order chi connectivity index (χ1) is 8.00. The zero-order chi connectivity index (χ0) is 12.6. The second-order valence-corrected chi connectivity index (χ2v) is 4.40. The summed E-state index contributed by atoms with van der Waals surface area (Å²) in [6, 6.07) is 3.59. The molecule has 0 saturated carbocycles. The summed E-state index contributed by atoms with van der Waals surface area (Å²) in [5.74, 6) is 0.663. The molecule has 0 fully saturated rings. The number of aliphatic hydroxyl groups is 1. The summed E-state index contributed by atoms with van der Waals surface area (Å²) in [7, 11) is 0. The van der Waals surface area contributed by atoms with Gasteiger partial charge in [-0.2, -0.15) is 5.10 Å². The molecule has 1 N–H and O–H groups in total. The van der Waals surface area contributed by atoms with Crippen LogP contribution in [0, 0.1) is 13.8 Å². The zero-order valence-corrected chi connectivity index (χ0v) is 10.7. The van der Waals surface area contributed by atoms with Crippen molar-refractivity contribution >= 4 is 11.6 Å². The molecule has 90 valence electrons. The van der Waals surface area contributed by atoms with Crippen LogP contribution in [0.2, 0.25) is 5.02 Å². The highest BCUT2D eigenvalue weighted by atomic mass is 35.5. The maximum absolute atomic E-state index is 9.54. The number of pyridine rings is 1. The van der Waals surface area contributed by atoms with E-state index in [1.54, 1.807) is 29.9 Å². The number of aromatic nitrogens is 3. The minimum Gasteiger partial charge on any atom is -0.389 e. The minimum atomic E-state index is -0.524. The number of halogens is 1. The molecule has 5 heteroatoms. The lowest BCUT2D eigenvalue weighted by Gasteiger charge is -2.07. The van der Waals surface area contributed by atoms with Gasteiger partial charge in [0.1, 0.15) is 0 Å². The first-order valence-electron chi connectivity index (χ1n) is 5.37. The Morgan fingerprint density at radius 3 is 2.65 bits per heavy atom. The van der Waals surface area contributed by atoms with E-state index in [-0.39, 0.29) is 0 Å². The van der Waals surface area contributed by atoms with Gasteiger partial charge in [-0.3, -0.25) is 0 Å². The Morgan fingerprint density at radius 1 is 1.41 bits per heavy atom. The second-order valence-electron chi connectivity index (χ2n) is 4.02. The molecule has 0 aliphatic heterocycles. The Balaban J connectivity index is 2.53. The van der Waals surface area contributed by atoms with Crippen LogP contribution in [-0.2, 0) is 0 Å². The molecular weight excluding hydrogens is 238 g/mol. The van der Waals surface area contributed by atoms with Crippen molar-refractivity contribution in [3.05, 3.63) is 40.3 Å². The van der Waals surface area contributed by atoms with Gasteiger partial charge in [0.15, 0.2) is 5.82 Å². The standard InChI is InChI=1S/C12H14ClN3O/c1-7-12(13)8(2)16(15-7)11-6-10(9(3)17)4-5-14-11/h4-6,9,17H,1-3H3/t9-/m1/s1. The van der Waals surface area contributed by atoms with Gasteiger partial charge in [0.25, 0.3) is 0 Å². The fourth-order valence-electron chi connectivity index (χ4n) is 1.66. The molecule has 0 saturated heterocycles. The topological polar surface area (TPSA) is 50.9 Å². The molecule has 0 aromatic carbocycles. The zero-order valence-electron chi connectivity index (χ0n) is 9.98. The van der Waals surface area contributed by atoms with Crippen molar-refractivity contribution in [2.24, 2.45) is 0 Å². The van der Waals surface area contributed by atoms with Crippen LogP contribution >= 0.6 is 11.6 Å². The summed E-state index contributed by atoms with van der Waals surface area (Å²) in [5, 5.41) is 14.5. The molecule has 0 spiro atoms. The van der Waals surface area contributed by atoms with E-state index in [4.69, 9.17) is 11.6 Å². The van der Waals surface area contributed by atoms with Crippen LogP contribution in [0.3, 0.4) is 0 Å². The van der Waals surface area contributed by atoms with E-state index in [1.165, 1.54) is 0 Å². The van der Waals surface area contributed by atoms with Gasteiger partial charge in [0.05, 0.1) is 22.5 Å². The molecule has 17 heavy (non-hydrogen) atoms. The minimum absolute atomic E-state index is 0.524. The third kappa shape index (κ3) is 2.18. The van der Waals surface area contributed by atoms with Gasteiger partial charge in [-0.15, -0.1) is 0 Å². The molecule has 2 rings (SSSR count). The molecular formula is C12H14ClN3O. The molecule has 0 aliphatic carbocycles. The fraction of sp³-hybridized carbons (Fsp3) is 0.333. The highest BCUT2D eigenvalue weighted by Crippen LogP contribution is 2.22. The normalized spacial score (nSPS) is 12.8. The molecule has 2 heterocycles. The predicted molar refractivity (Wildman–Crippen MR) is 66.5 cm³/mol. The van der Waals surface area contributed by atoms with Crippen molar-refractivity contribution in [1.82, 2.24) is 14.8 Å². The number of nitrogens with zero attached hydrogens (tertiary/aromatic N) is 3. The van der Waals surface area contributed by atoms with Crippen LogP contribution in [0.25, 0.3) is 5.82 Å². The van der Waals surface area contributed by atoms with Gasteiger partial charge in [-0.1, -0.05) is 11.6 Å². The number of aryl methyl sites for hydroxylation is 1. The molecule has 0 unspecified atom stereocenters. The summed E-state index contributed by atoms with van der Waals surface area (Å²) in [6.07, 6.45) is 1.13. The van der Waals surface area contributed by atoms with Gasteiger partial charge >= 0.3 is 0 Å². The van der Waals surface area contributed by atoms with Crippen LogP contribution in [0.4, 0.5) is 0 Å². The Morgan fingerprint density at radius 2 is 2.12 bits per heavy atom. The average Bonchev–Trinajstić information content (AvgIpc) is 2.57. The molecule has 0 aliphatic rings. The third-order valence-corrected chi connectivity index (χ3v) is 3.22. The SMILES string of the molecule is Cc1nn(-c2cc([C@@H](C)O)ccn2)c(C)c1Cl. The monoisotopic (exact) mass is 251 g/mol. The molecule has 2 aromatic rings. The van der Waals surface area contributed by atoms with Gasteiger partial charge in [0.2, 0.25) is 0 Å². The van der Waals surface area contributed by atoms with Crippen LogP contribution in [0.5, 0.6) is 0 Å². The molecule has 0 radical (unpaired) electrons. The van der Waals surface area contributed by atoms with Gasteiger partial charge < -0.3 is 5.11 Å². The highest BCUT2D eigenvalue weighted by Gasteiger charge is 2.12.